The van der Waals surface area contributed by atoms with Crippen LogP contribution in [0.4, 0.5) is 0 Å². The van der Waals surface area contributed by atoms with E-state index in [4.69, 9.17) is 0 Å². The summed E-state index contributed by atoms with van der Waals surface area (Å²) in [6.07, 6.45) is 9.33. The van der Waals surface area contributed by atoms with Crippen LogP contribution in [0.2, 0.25) is 0 Å². The van der Waals surface area contributed by atoms with Gasteiger partial charge < -0.3 is 0 Å². The zero-order valence-corrected chi connectivity index (χ0v) is 15.2. The molecule has 0 fully saturated rings. The lowest BCUT2D eigenvalue weighted by molar-refractivity contribution is 0.563. The summed E-state index contributed by atoms with van der Waals surface area (Å²) in [5, 5.41) is 0. The maximum absolute atomic E-state index is 4.59. The standard InChI is InChI=1S/C21H30N2/c1-6-18-11-20(14-22-13-18)16(4)7-8-17(5)21-12-19(15(2)3)9-10-23-21/h9-17H,6-8H2,1-5H3. The number of hydrogen-bond acceptors (Lipinski definition) is 2. The van der Waals surface area contributed by atoms with Gasteiger partial charge in [-0.2, -0.15) is 0 Å². The quantitative estimate of drug-likeness (QED) is 0.641. The van der Waals surface area contributed by atoms with E-state index in [-0.39, 0.29) is 0 Å². The van der Waals surface area contributed by atoms with E-state index in [2.05, 4.69) is 62.8 Å². The minimum absolute atomic E-state index is 0.499. The SMILES string of the molecule is CCc1cncc(C(C)CCC(C)c2cc(C(C)C)ccn2)c1. The van der Waals surface area contributed by atoms with Crippen LogP contribution in [0.25, 0.3) is 0 Å². The lowest BCUT2D eigenvalue weighted by atomic mass is 9.90. The Kier molecular flexibility index (Phi) is 6.32. The van der Waals surface area contributed by atoms with Crippen molar-refractivity contribution in [3.05, 3.63) is 59.2 Å². The van der Waals surface area contributed by atoms with Gasteiger partial charge in [0.2, 0.25) is 0 Å². The molecule has 0 amide bonds. The van der Waals surface area contributed by atoms with E-state index in [1.165, 1.54) is 28.8 Å². The molecule has 2 heteroatoms. The molecule has 0 aromatic carbocycles. The van der Waals surface area contributed by atoms with Crippen molar-refractivity contribution in [3.63, 3.8) is 0 Å². The van der Waals surface area contributed by atoms with Crippen LogP contribution in [0.1, 0.15) is 87.6 Å². The molecular weight excluding hydrogens is 280 g/mol. The molecule has 124 valence electrons. The molecule has 0 saturated heterocycles. The van der Waals surface area contributed by atoms with Crippen molar-refractivity contribution in [1.82, 2.24) is 9.97 Å². The second-order valence-corrected chi connectivity index (χ2v) is 7.03. The van der Waals surface area contributed by atoms with Crippen molar-refractivity contribution < 1.29 is 0 Å². The van der Waals surface area contributed by atoms with E-state index in [9.17, 15) is 0 Å². The lowest BCUT2D eigenvalue weighted by Crippen LogP contribution is -2.03. The summed E-state index contributed by atoms with van der Waals surface area (Å²) in [5.41, 5.74) is 5.30. The molecule has 2 rings (SSSR count). The highest BCUT2D eigenvalue weighted by molar-refractivity contribution is 5.23. The van der Waals surface area contributed by atoms with Crippen molar-refractivity contribution in [1.29, 1.82) is 0 Å². The van der Waals surface area contributed by atoms with Gasteiger partial charge in [-0.15, -0.1) is 0 Å². The Balaban J connectivity index is 1.98. The molecule has 2 atom stereocenters. The third-order valence-corrected chi connectivity index (χ3v) is 4.80. The predicted molar refractivity (Wildman–Crippen MR) is 98.0 cm³/mol. The Labute approximate surface area is 141 Å². The zero-order valence-electron chi connectivity index (χ0n) is 15.2. The molecule has 0 aliphatic heterocycles. The molecular formula is C21H30N2. The highest BCUT2D eigenvalue weighted by Gasteiger charge is 2.13. The third-order valence-electron chi connectivity index (χ3n) is 4.80. The van der Waals surface area contributed by atoms with Gasteiger partial charge in [0.1, 0.15) is 0 Å². The molecule has 0 aliphatic carbocycles. The van der Waals surface area contributed by atoms with E-state index in [1.54, 1.807) is 0 Å². The van der Waals surface area contributed by atoms with Crippen molar-refractivity contribution in [2.45, 2.75) is 71.6 Å². The normalized spacial score (nSPS) is 14.0. The maximum atomic E-state index is 4.59. The van der Waals surface area contributed by atoms with Gasteiger partial charge in [-0.1, -0.05) is 40.7 Å². The van der Waals surface area contributed by atoms with Crippen molar-refractivity contribution in [2.24, 2.45) is 0 Å². The number of aromatic nitrogens is 2. The van der Waals surface area contributed by atoms with Crippen molar-refractivity contribution in [3.8, 4) is 0 Å². The van der Waals surface area contributed by atoms with E-state index < -0.39 is 0 Å². The molecule has 2 nitrogen and oxygen atoms in total. The fraction of sp³-hybridized carbons (Fsp3) is 0.524. The summed E-state index contributed by atoms with van der Waals surface area (Å²) < 4.78 is 0. The summed E-state index contributed by atoms with van der Waals surface area (Å²) in [6.45, 7) is 11.3. The van der Waals surface area contributed by atoms with Gasteiger partial charge in [-0.25, -0.2) is 0 Å². The largest absolute Gasteiger partial charge is 0.264 e. The van der Waals surface area contributed by atoms with E-state index in [0.717, 1.165) is 12.8 Å². The van der Waals surface area contributed by atoms with Gasteiger partial charge >= 0.3 is 0 Å². The van der Waals surface area contributed by atoms with Crippen LogP contribution < -0.4 is 0 Å². The van der Waals surface area contributed by atoms with Gasteiger partial charge in [0.05, 0.1) is 0 Å². The lowest BCUT2D eigenvalue weighted by Gasteiger charge is -2.17. The number of rotatable bonds is 7. The topological polar surface area (TPSA) is 25.8 Å². The first kappa shape index (κ1) is 17.7. The number of nitrogens with zero attached hydrogens (tertiary/aromatic N) is 2. The Bertz CT molecular complexity index is 619. The van der Waals surface area contributed by atoms with Crippen LogP contribution in [0.3, 0.4) is 0 Å². The van der Waals surface area contributed by atoms with E-state index >= 15 is 0 Å². The summed E-state index contributed by atoms with van der Waals surface area (Å²) in [4.78, 5) is 8.97. The first-order chi connectivity index (χ1) is 11.0. The third kappa shape index (κ3) is 4.89. The molecule has 0 radical (unpaired) electrons. The molecule has 0 aliphatic rings. The monoisotopic (exact) mass is 310 g/mol. The summed E-state index contributed by atoms with van der Waals surface area (Å²) >= 11 is 0. The van der Waals surface area contributed by atoms with Gasteiger partial charge in [-0.3, -0.25) is 9.97 Å². The molecule has 2 unspecified atom stereocenters. The fourth-order valence-electron chi connectivity index (χ4n) is 2.88. The molecule has 23 heavy (non-hydrogen) atoms. The second kappa shape index (κ2) is 8.24. The Morgan fingerprint density at radius 2 is 1.65 bits per heavy atom. The molecule has 0 bridgehead atoms. The van der Waals surface area contributed by atoms with Crippen LogP contribution in [0.5, 0.6) is 0 Å². The number of aryl methyl sites for hydroxylation is 1. The van der Waals surface area contributed by atoms with E-state index in [1.807, 2.05) is 18.6 Å². The second-order valence-electron chi connectivity index (χ2n) is 7.03. The van der Waals surface area contributed by atoms with Gasteiger partial charge in [0, 0.05) is 24.3 Å². The van der Waals surface area contributed by atoms with Gasteiger partial charge in [0.15, 0.2) is 0 Å². The van der Waals surface area contributed by atoms with Crippen LogP contribution in [-0.2, 0) is 6.42 Å². The average molecular weight is 310 g/mol. The summed E-state index contributed by atoms with van der Waals surface area (Å²) in [5.74, 6) is 1.61. The van der Waals surface area contributed by atoms with Gasteiger partial charge in [0.25, 0.3) is 0 Å². The predicted octanol–water partition coefficient (Wildman–Crippen LogP) is 5.85. The maximum Gasteiger partial charge on any atom is 0.0434 e. The average Bonchev–Trinajstić information content (AvgIpc) is 2.59. The highest BCUT2D eigenvalue weighted by Crippen LogP contribution is 2.28. The molecule has 0 N–H and O–H groups in total. The van der Waals surface area contributed by atoms with Crippen molar-refractivity contribution in [2.75, 3.05) is 0 Å². The summed E-state index contributed by atoms with van der Waals surface area (Å²) in [6, 6.07) is 6.71. The Morgan fingerprint density at radius 1 is 0.913 bits per heavy atom. The molecule has 2 heterocycles. The van der Waals surface area contributed by atoms with Crippen LogP contribution in [-0.4, -0.2) is 9.97 Å². The van der Waals surface area contributed by atoms with Crippen LogP contribution >= 0.6 is 0 Å². The Morgan fingerprint density at radius 3 is 2.35 bits per heavy atom. The summed E-state index contributed by atoms with van der Waals surface area (Å²) in [7, 11) is 0. The molecule has 0 saturated carbocycles. The minimum Gasteiger partial charge on any atom is -0.264 e. The van der Waals surface area contributed by atoms with Gasteiger partial charge in [-0.05, 0) is 65.8 Å². The van der Waals surface area contributed by atoms with Crippen LogP contribution in [0.15, 0.2) is 36.8 Å². The van der Waals surface area contributed by atoms with E-state index in [0.29, 0.717) is 17.8 Å². The van der Waals surface area contributed by atoms with Crippen molar-refractivity contribution >= 4 is 0 Å². The first-order valence-corrected chi connectivity index (χ1v) is 8.90. The molecule has 2 aromatic heterocycles. The highest BCUT2D eigenvalue weighted by atomic mass is 14.7. The number of hydrogen-bond donors (Lipinski definition) is 0. The molecule has 2 aromatic rings. The first-order valence-electron chi connectivity index (χ1n) is 8.90. The smallest absolute Gasteiger partial charge is 0.0434 e. The Hall–Kier alpha value is -1.70. The number of pyridine rings is 2. The fourth-order valence-corrected chi connectivity index (χ4v) is 2.88. The van der Waals surface area contributed by atoms with Crippen LogP contribution in [0, 0.1) is 0 Å². The minimum atomic E-state index is 0.499. The zero-order chi connectivity index (χ0) is 16.8. The molecule has 0 spiro atoms.